The molecule has 2 N–H and O–H groups in total. The van der Waals surface area contributed by atoms with Crippen LogP contribution < -0.4 is 5.73 Å². The fourth-order valence-electron chi connectivity index (χ4n) is 1.31. The summed E-state index contributed by atoms with van der Waals surface area (Å²) in [5.74, 6) is -0.605. The molecule has 0 aromatic carbocycles. The maximum atomic E-state index is 12.8. The molecule has 0 aliphatic carbocycles. The zero-order valence-electron chi connectivity index (χ0n) is 8.96. The van der Waals surface area contributed by atoms with Gasteiger partial charge in [0, 0.05) is 11.8 Å². The molecule has 0 aliphatic heterocycles. The molecule has 0 fully saturated rings. The van der Waals surface area contributed by atoms with Crippen LogP contribution in [0.1, 0.15) is 23.2 Å². The molecule has 16 heavy (non-hydrogen) atoms. The molecule has 6 heteroatoms. The molecule has 4 nitrogen and oxygen atoms in total. The number of aryl methyl sites for hydroxylation is 1. The molecule has 0 radical (unpaired) electrons. The Balaban J connectivity index is 3.18. The van der Waals surface area contributed by atoms with Crippen molar-refractivity contribution in [2.75, 3.05) is 12.8 Å². The summed E-state index contributed by atoms with van der Waals surface area (Å²) in [7, 11) is 1.19. The number of nitrogens with two attached hydrogens (primary N) is 1. The molecule has 0 spiro atoms. The van der Waals surface area contributed by atoms with Crippen LogP contribution in [-0.4, -0.2) is 18.1 Å². The lowest BCUT2D eigenvalue weighted by atomic mass is 10.0. The van der Waals surface area contributed by atoms with Crippen LogP contribution in [-0.2, 0) is 16.0 Å². The van der Waals surface area contributed by atoms with Gasteiger partial charge in [0.15, 0.2) is 0 Å². The highest BCUT2D eigenvalue weighted by Gasteiger charge is 2.20. The molecule has 1 aromatic heterocycles. The van der Waals surface area contributed by atoms with E-state index in [4.69, 9.17) is 5.73 Å². The van der Waals surface area contributed by atoms with Crippen molar-refractivity contribution in [1.82, 2.24) is 4.98 Å². The number of carbonyl (C=O) groups is 1. The predicted octanol–water partition coefficient (Wildman–Crippen LogP) is 1.63. The molecule has 88 valence electrons. The Morgan fingerprint density at radius 1 is 1.62 bits per heavy atom. The number of rotatable bonds is 3. The van der Waals surface area contributed by atoms with Gasteiger partial charge in [0.2, 0.25) is 0 Å². The topological polar surface area (TPSA) is 65.2 Å². The van der Waals surface area contributed by atoms with Gasteiger partial charge in [-0.2, -0.15) is 0 Å². The van der Waals surface area contributed by atoms with Crippen molar-refractivity contribution in [2.24, 2.45) is 0 Å². The molecule has 0 saturated carbocycles. The minimum Gasteiger partial charge on any atom is -0.469 e. The first-order chi connectivity index (χ1) is 7.47. The minimum atomic E-state index is -2.73. The molecule has 1 heterocycles. The maximum Gasteiger partial charge on any atom is 0.310 e. The van der Waals surface area contributed by atoms with Crippen molar-refractivity contribution in [2.45, 2.75) is 19.8 Å². The Hall–Kier alpha value is -1.72. The third-order valence-corrected chi connectivity index (χ3v) is 2.22. The van der Waals surface area contributed by atoms with Gasteiger partial charge in [-0.3, -0.25) is 9.78 Å². The number of anilines is 1. The summed E-state index contributed by atoms with van der Waals surface area (Å²) in [4.78, 5) is 14.9. The van der Waals surface area contributed by atoms with E-state index in [0.29, 0.717) is 5.69 Å². The maximum absolute atomic E-state index is 12.8. The second-order valence-electron chi connectivity index (χ2n) is 3.25. The summed E-state index contributed by atoms with van der Waals surface area (Å²) < 4.78 is 29.9. The van der Waals surface area contributed by atoms with Gasteiger partial charge in [0.1, 0.15) is 0 Å². The van der Waals surface area contributed by atoms with Crippen LogP contribution in [0.15, 0.2) is 6.20 Å². The lowest BCUT2D eigenvalue weighted by Crippen LogP contribution is -2.11. The van der Waals surface area contributed by atoms with E-state index in [1.54, 1.807) is 0 Å². The molecule has 0 atom stereocenters. The standard InChI is InChI=1S/C10H12F2N2O2/c1-5-9(13)8(10(11)12)6(4-14-5)3-7(15)16-2/h4,10H,3,13H2,1-2H3. The fraction of sp³-hybridized carbons (Fsp3) is 0.400. The summed E-state index contributed by atoms with van der Waals surface area (Å²) in [5.41, 5.74) is 5.52. The molecule has 1 rings (SSSR count). The highest BCUT2D eigenvalue weighted by atomic mass is 19.3. The van der Waals surface area contributed by atoms with Crippen LogP contribution in [0.25, 0.3) is 0 Å². The largest absolute Gasteiger partial charge is 0.469 e. The van der Waals surface area contributed by atoms with E-state index in [0.717, 1.165) is 0 Å². The van der Waals surface area contributed by atoms with E-state index in [1.165, 1.54) is 20.2 Å². The van der Waals surface area contributed by atoms with Crippen LogP contribution >= 0.6 is 0 Å². The van der Waals surface area contributed by atoms with Crippen LogP contribution in [0.4, 0.5) is 14.5 Å². The molecule has 1 aromatic rings. The molecule has 0 saturated heterocycles. The number of ether oxygens (including phenoxy) is 1. The predicted molar refractivity (Wildman–Crippen MR) is 54.1 cm³/mol. The second-order valence-corrected chi connectivity index (χ2v) is 3.25. The highest BCUT2D eigenvalue weighted by molar-refractivity contribution is 5.74. The van der Waals surface area contributed by atoms with Crippen molar-refractivity contribution >= 4 is 11.7 Å². The number of carbonyl (C=O) groups excluding carboxylic acids is 1. The summed E-state index contributed by atoms with van der Waals surface area (Å²) in [6.07, 6.45) is -1.76. The normalized spacial score (nSPS) is 10.6. The van der Waals surface area contributed by atoms with Crippen molar-refractivity contribution < 1.29 is 18.3 Å². The monoisotopic (exact) mass is 230 g/mol. The van der Waals surface area contributed by atoms with Gasteiger partial charge in [-0.25, -0.2) is 8.78 Å². The molecular formula is C10H12F2N2O2. The van der Waals surface area contributed by atoms with E-state index >= 15 is 0 Å². The van der Waals surface area contributed by atoms with Crippen LogP contribution in [0.5, 0.6) is 0 Å². The number of pyridine rings is 1. The van der Waals surface area contributed by atoms with Gasteiger partial charge in [-0.1, -0.05) is 0 Å². The Kier molecular flexibility index (Phi) is 3.76. The molecule has 0 bridgehead atoms. The zero-order chi connectivity index (χ0) is 12.3. The smallest absolute Gasteiger partial charge is 0.310 e. The number of hydrogen-bond donors (Lipinski definition) is 1. The number of alkyl halides is 2. The minimum absolute atomic E-state index is 0.0728. The first-order valence-corrected chi connectivity index (χ1v) is 4.56. The Labute approximate surface area is 91.4 Å². The van der Waals surface area contributed by atoms with E-state index in [1.807, 2.05) is 0 Å². The van der Waals surface area contributed by atoms with Gasteiger partial charge in [0.05, 0.1) is 24.9 Å². The average Bonchev–Trinajstić information content (AvgIpc) is 2.23. The van der Waals surface area contributed by atoms with Gasteiger partial charge in [0.25, 0.3) is 6.43 Å². The first kappa shape index (κ1) is 12.4. The zero-order valence-corrected chi connectivity index (χ0v) is 8.96. The van der Waals surface area contributed by atoms with Gasteiger partial charge >= 0.3 is 5.97 Å². The van der Waals surface area contributed by atoms with E-state index in [-0.39, 0.29) is 23.2 Å². The molecule has 0 aliphatic rings. The summed E-state index contributed by atoms with van der Waals surface area (Å²) in [6, 6.07) is 0. The molecule has 0 amide bonds. The number of nitrogen functional groups attached to an aromatic ring is 1. The molecular weight excluding hydrogens is 218 g/mol. The summed E-state index contributed by atoms with van der Waals surface area (Å²) in [6.45, 7) is 1.53. The number of halogens is 2. The second kappa shape index (κ2) is 4.87. The Morgan fingerprint density at radius 2 is 2.25 bits per heavy atom. The van der Waals surface area contributed by atoms with Crippen molar-refractivity contribution in [3.8, 4) is 0 Å². The fourth-order valence-corrected chi connectivity index (χ4v) is 1.31. The van der Waals surface area contributed by atoms with Gasteiger partial charge in [-0.15, -0.1) is 0 Å². The van der Waals surface area contributed by atoms with Crippen LogP contribution in [0.3, 0.4) is 0 Å². The lowest BCUT2D eigenvalue weighted by Gasteiger charge is -2.12. The third kappa shape index (κ3) is 2.44. The highest BCUT2D eigenvalue weighted by Crippen LogP contribution is 2.30. The van der Waals surface area contributed by atoms with E-state index in [2.05, 4.69) is 9.72 Å². The molecule has 0 unspecified atom stereocenters. The summed E-state index contributed by atoms with van der Waals surface area (Å²) >= 11 is 0. The van der Waals surface area contributed by atoms with Crippen LogP contribution in [0, 0.1) is 6.92 Å². The average molecular weight is 230 g/mol. The first-order valence-electron chi connectivity index (χ1n) is 4.56. The van der Waals surface area contributed by atoms with E-state index in [9.17, 15) is 13.6 Å². The number of hydrogen-bond acceptors (Lipinski definition) is 4. The Bertz CT molecular complexity index is 408. The number of methoxy groups -OCH3 is 1. The van der Waals surface area contributed by atoms with Crippen molar-refractivity contribution in [1.29, 1.82) is 0 Å². The van der Waals surface area contributed by atoms with Gasteiger partial charge < -0.3 is 10.5 Å². The van der Waals surface area contributed by atoms with Crippen LogP contribution in [0.2, 0.25) is 0 Å². The van der Waals surface area contributed by atoms with Crippen molar-refractivity contribution in [3.05, 3.63) is 23.0 Å². The Morgan fingerprint density at radius 3 is 2.75 bits per heavy atom. The lowest BCUT2D eigenvalue weighted by molar-refractivity contribution is -0.139. The quantitative estimate of drug-likeness (QED) is 0.801. The van der Waals surface area contributed by atoms with Gasteiger partial charge in [-0.05, 0) is 12.5 Å². The summed E-state index contributed by atoms with van der Waals surface area (Å²) in [5, 5.41) is 0. The van der Waals surface area contributed by atoms with E-state index < -0.39 is 12.4 Å². The SMILES string of the molecule is COC(=O)Cc1cnc(C)c(N)c1C(F)F. The van der Waals surface area contributed by atoms with Crippen molar-refractivity contribution in [3.63, 3.8) is 0 Å². The number of aromatic nitrogens is 1. The number of esters is 1. The third-order valence-electron chi connectivity index (χ3n) is 2.22. The number of nitrogens with zero attached hydrogens (tertiary/aromatic N) is 1.